The van der Waals surface area contributed by atoms with Crippen LogP contribution in [0.4, 0.5) is 5.00 Å². The summed E-state index contributed by atoms with van der Waals surface area (Å²) in [6, 6.07) is 2.11. The lowest BCUT2D eigenvalue weighted by molar-refractivity contribution is -0.113. The number of ether oxygens (including phenoxy) is 2. The molecule has 0 radical (unpaired) electrons. The highest BCUT2D eigenvalue weighted by molar-refractivity contribution is 7.99. The number of rotatable bonds is 12. The number of esters is 2. The maximum absolute atomic E-state index is 12.9. The SMILES string of the molecule is C=CCn1c(SCC(=O)Nc2sc(C(=O)OCC)c(C)c2C(=O)OCC)nnc1-c1csc(C(C)C)c1. The van der Waals surface area contributed by atoms with E-state index in [9.17, 15) is 14.4 Å². The van der Waals surface area contributed by atoms with E-state index in [-0.39, 0.29) is 40.3 Å². The molecule has 12 heteroatoms. The van der Waals surface area contributed by atoms with Gasteiger partial charge in [-0.25, -0.2) is 9.59 Å². The van der Waals surface area contributed by atoms with E-state index in [1.54, 1.807) is 38.2 Å². The van der Waals surface area contributed by atoms with Crippen LogP contribution in [0.15, 0.2) is 29.3 Å². The number of aromatic nitrogens is 3. The number of thioether (sulfide) groups is 1. The Hall–Kier alpha value is -2.96. The molecule has 0 saturated heterocycles. The van der Waals surface area contributed by atoms with Gasteiger partial charge in [-0.15, -0.1) is 39.4 Å². The van der Waals surface area contributed by atoms with Gasteiger partial charge in [0.05, 0.1) is 24.5 Å². The number of nitrogens with zero attached hydrogens (tertiary/aromatic N) is 3. The van der Waals surface area contributed by atoms with E-state index in [1.807, 2.05) is 4.57 Å². The molecule has 1 amide bonds. The summed E-state index contributed by atoms with van der Waals surface area (Å²) in [5.74, 6) is -0.379. The predicted octanol–water partition coefficient (Wildman–Crippen LogP) is 5.77. The third kappa shape index (κ3) is 6.68. The molecule has 1 N–H and O–H groups in total. The largest absolute Gasteiger partial charge is 0.462 e. The number of carbonyl (C=O) groups is 3. The van der Waals surface area contributed by atoms with Crippen LogP contribution >= 0.6 is 34.4 Å². The number of carbonyl (C=O) groups excluding carboxylic acids is 3. The van der Waals surface area contributed by atoms with Crippen LogP contribution in [-0.2, 0) is 20.8 Å². The van der Waals surface area contributed by atoms with E-state index in [4.69, 9.17) is 9.47 Å². The van der Waals surface area contributed by atoms with Gasteiger partial charge < -0.3 is 14.8 Å². The van der Waals surface area contributed by atoms with E-state index >= 15 is 0 Å². The maximum Gasteiger partial charge on any atom is 0.348 e. The fourth-order valence-corrected chi connectivity index (χ4v) is 6.17. The Balaban J connectivity index is 1.79. The molecule has 9 nitrogen and oxygen atoms in total. The van der Waals surface area contributed by atoms with Crippen molar-refractivity contribution in [3.63, 3.8) is 0 Å². The van der Waals surface area contributed by atoms with Crippen molar-refractivity contribution in [2.24, 2.45) is 0 Å². The molecule has 0 unspecified atom stereocenters. The quantitative estimate of drug-likeness (QED) is 0.168. The Labute approximate surface area is 228 Å². The summed E-state index contributed by atoms with van der Waals surface area (Å²) in [6.45, 7) is 14.0. The molecule has 0 atom stereocenters. The second-order valence-corrected chi connectivity index (χ2v) is 11.0. The predicted molar refractivity (Wildman–Crippen MR) is 148 cm³/mol. The van der Waals surface area contributed by atoms with Crippen LogP contribution in [-0.4, -0.2) is 51.6 Å². The molecule has 37 heavy (non-hydrogen) atoms. The summed E-state index contributed by atoms with van der Waals surface area (Å²) in [7, 11) is 0. The molecule has 0 aliphatic rings. The minimum atomic E-state index is -0.610. The van der Waals surface area contributed by atoms with Crippen LogP contribution < -0.4 is 5.32 Å². The van der Waals surface area contributed by atoms with Crippen molar-refractivity contribution < 1.29 is 23.9 Å². The molecule has 0 aliphatic heterocycles. The zero-order valence-electron chi connectivity index (χ0n) is 21.5. The first-order valence-corrected chi connectivity index (χ1v) is 14.4. The minimum absolute atomic E-state index is 0.0180. The van der Waals surface area contributed by atoms with Gasteiger partial charge in [-0.05, 0) is 38.3 Å². The number of hydrogen-bond donors (Lipinski definition) is 1. The lowest BCUT2D eigenvalue weighted by Gasteiger charge is -2.08. The van der Waals surface area contributed by atoms with Gasteiger partial charge in [0.1, 0.15) is 9.88 Å². The Kier molecular flexibility index (Phi) is 10.1. The van der Waals surface area contributed by atoms with Gasteiger partial charge in [0.15, 0.2) is 11.0 Å². The molecular weight excluding hydrogens is 532 g/mol. The first kappa shape index (κ1) is 28.6. The topological polar surface area (TPSA) is 112 Å². The molecule has 0 fully saturated rings. The van der Waals surface area contributed by atoms with Gasteiger partial charge in [-0.2, -0.15) is 0 Å². The number of hydrogen-bond acceptors (Lipinski definition) is 10. The second kappa shape index (κ2) is 13.0. The molecule has 0 aromatic carbocycles. The highest BCUT2D eigenvalue weighted by Crippen LogP contribution is 2.35. The fraction of sp³-hybridized carbons (Fsp3) is 0.400. The van der Waals surface area contributed by atoms with E-state index < -0.39 is 11.9 Å². The van der Waals surface area contributed by atoms with Gasteiger partial charge in [0, 0.05) is 22.4 Å². The normalized spacial score (nSPS) is 11.0. The molecule has 0 aliphatic carbocycles. The Bertz CT molecular complexity index is 1290. The molecule has 0 saturated carbocycles. The van der Waals surface area contributed by atoms with Crippen LogP contribution in [0.3, 0.4) is 0 Å². The minimum Gasteiger partial charge on any atom is -0.462 e. The molecule has 3 rings (SSSR count). The van der Waals surface area contributed by atoms with E-state index in [1.165, 1.54) is 16.6 Å². The lowest BCUT2D eigenvalue weighted by atomic mass is 10.1. The van der Waals surface area contributed by atoms with Crippen molar-refractivity contribution in [1.29, 1.82) is 0 Å². The summed E-state index contributed by atoms with van der Waals surface area (Å²) in [4.78, 5) is 39.3. The fourth-order valence-electron chi connectivity index (χ4n) is 3.41. The number of anilines is 1. The summed E-state index contributed by atoms with van der Waals surface area (Å²) < 4.78 is 12.2. The maximum atomic E-state index is 12.9. The van der Waals surface area contributed by atoms with Crippen molar-refractivity contribution in [3.8, 4) is 11.4 Å². The molecule has 3 aromatic rings. The van der Waals surface area contributed by atoms with E-state index in [0.29, 0.717) is 29.0 Å². The molecule has 0 bridgehead atoms. The van der Waals surface area contributed by atoms with Crippen molar-refractivity contribution in [2.45, 2.75) is 52.2 Å². The molecule has 198 valence electrons. The second-order valence-electron chi connectivity index (χ2n) is 8.14. The van der Waals surface area contributed by atoms with Crippen molar-refractivity contribution >= 4 is 57.3 Å². The summed E-state index contributed by atoms with van der Waals surface area (Å²) in [5, 5.41) is 14.3. The molecular formula is C25H30N4O5S3. The van der Waals surface area contributed by atoms with Crippen LogP contribution in [0.5, 0.6) is 0 Å². The molecule has 0 spiro atoms. The highest BCUT2D eigenvalue weighted by atomic mass is 32.2. The lowest BCUT2D eigenvalue weighted by Crippen LogP contribution is -2.17. The highest BCUT2D eigenvalue weighted by Gasteiger charge is 2.27. The number of allylic oxidation sites excluding steroid dienone is 1. The summed E-state index contributed by atoms with van der Waals surface area (Å²) in [5.41, 5.74) is 1.54. The van der Waals surface area contributed by atoms with Crippen LogP contribution in [0.1, 0.15) is 64.1 Å². The van der Waals surface area contributed by atoms with Gasteiger partial charge >= 0.3 is 11.9 Å². The Morgan fingerprint density at radius 3 is 2.51 bits per heavy atom. The zero-order chi connectivity index (χ0) is 27.1. The van der Waals surface area contributed by atoms with Crippen molar-refractivity contribution in [3.05, 3.63) is 45.0 Å². The monoisotopic (exact) mass is 562 g/mol. The molecule has 3 heterocycles. The smallest absolute Gasteiger partial charge is 0.348 e. The number of nitrogens with one attached hydrogen (secondary N) is 1. The Morgan fingerprint density at radius 1 is 1.19 bits per heavy atom. The average Bonchev–Trinajstić information content (AvgIpc) is 3.56. The standard InChI is InChI=1S/C25H30N4O5S3/c1-7-10-29-21(16-11-17(14(4)5)35-12-16)27-28-25(29)36-13-18(30)26-22-19(23(31)33-8-2)15(6)20(37-22)24(32)34-9-3/h7,11-12,14H,1,8-10,13H2,2-6H3,(H,26,30). The van der Waals surface area contributed by atoms with Gasteiger partial charge in [-0.1, -0.05) is 31.7 Å². The molecule has 3 aromatic heterocycles. The zero-order valence-corrected chi connectivity index (χ0v) is 23.9. The average molecular weight is 563 g/mol. The number of amides is 1. The summed E-state index contributed by atoms with van der Waals surface area (Å²) >= 11 is 3.89. The van der Waals surface area contributed by atoms with E-state index in [2.05, 4.69) is 47.4 Å². The summed E-state index contributed by atoms with van der Waals surface area (Å²) in [6.07, 6.45) is 1.75. The first-order valence-electron chi connectivity index (χ1n) is 11.7. The van der Waals surface area contributed by atoms with Crippen molar-refractivity contribution in [1.82, 2.24) is 14.8 Å². The van der Waals surface area contributed by atoms with Crippen LogP contribution in [0, 0.1) is 6.92 Å². The number of thiophene rings is 2. The van der Waals surface area contributed by atoms with Crippen LogP contribution in [0.2, 0.25) is 0 Å². The Morgan fingerprint density at radius 2 is 1.89 bits per heavy atom. The van der Waals surface area contributed by atoms with Gasteiger partial charge in [-0.3, -0.25) is 9.36 Å². The van der Waals surface area contributed by atoms with Gasteiger partial charge in [0.25, 0.3) is 0 Å². The van der Waals surface area contributed by atoms with Crippen LogP contribution in [0.25, 0.3) is 11.4 Å². The van der Waals surface area contributed by atoms with E-state index in [0.717, 1.165) is 16.9 Å². The first-order chi connectivity index (χ1) is 17.7. The van der Waals surface area contributed by atoms with Crippen molar-refractivity contribution in [2.75, 3.05) is 24.3 Å². The third-order valence-corrected chi connectivity index (χ3v) is 8.54. The van der Waals surface area contributed by atoms with Gasteiger partial charge in [0.2, 0.25) is 5.91 Å². The third-order valence-electron chi connectivity index (χ3n) is 5.15.